The minimum atomic E-state index is 0.0437. The summed E-state index contributed by atoms with van der Waals surface area (Å²) in [6.07, 6.45) is 6.63. The van der Waals surface area contributed by atoms with Gasteiger partial charge < -0.3 is 20.1 Å². The maximum atomic E-state index is 6.25. The van der Waals surface area contributed by atoms with E-state index in [1.165, 1.54) is 19.2 Å². The highest BCUT2D eigenvalue weighted by molar-refractivity contribution is 5.68. The Kier molecular flexibility index (Phi) is 4.14. The second-order valence-corrected chi connectivity index (χ2v) is 6.04. The molecule has 0 bridgehead atoms. The maximum absolute atomic E-state index is 6.25. The molecule has 1 aliphatic heterocycles. The molecule has 0 spiro atoms. The summed E-state index contributed by atoms with van der Waals surface area (Å²) in [6, 6.07) is 0.372. The molecule has 1 saturated heterocycles. The predicted octanol–water partition coefficient (Wildman–Crippen LogP) is 1.99. The van der Waals surface area contributed by atoms with Crippen LogP contribution in [-0.2, 0) is 4.74 Å². The molecule has 1 saturated carbocycles. The van der Waals surface area contributed by atoms with Crippen molar-refractivity contribution in [2.45, 2.75) is 57.8 Å². The van der Waals surface area contributed by atoms with Gasteiger partial charge in [-0.25, -0.2) is 4.98 Å². The summed E-state index contributed by atoms with van der Waals surface area (Å²) in [5.74, 6) is 1.27. The zero-order valence-corrected chi connectivity index (χ0v) is 12.8. The molecule has 0 radical (unpaired) electrons. The molecule has 0 amide bonds. The van der Waals surface area contributed by atoms with E-state index < -0.39 is 0 Å². The summed E-state index contributed by atoms with van der Waals surface area (Å²) in [6.45, 7) is 5.48. The molecule has 2 N–H and O–H groups in total. The van der Waals surface area contributed by atoms with Crippen molar-refractivity contribution in [3.05, 3.63) is 6.33 Å². The van der Waals surface area contributed by atoms with Crippen molar-refractivity contribution < 1.29 is 9.47 Å². The van der Waals surface area contributed by atoms with Crippen LogP contribution in [0.25, 0.3) is 0 Å². The van der Waals surface area contributed by atoms with Crippen LogP contribution in [0.3, 0.4) is 0 Å². The Bertz CT molecular complexity index is 493. The SMILES string of the molecule is CC(C)Oc1ncnc(N2CCOC3CCCCC32)c1N. The molecular weight excluding hydrogens is 268 g/mol. The summed E-state index contributed by atoms with van der Waals surface area (Å²) >= 11 is 0. The lowest BCUT2D eigenvalue weighted by molar-refractivity contribution is -0.00895. The van der Waals surface area contributed by atoms with Gasteiger partial charge in [-0.15, -0.1) is 0 Å². The lowest BCUT2D eigenvalue weighted by atomic mass is 9.90. The molecule has 1 aliphatic carbocycles. The van der Waals surface area contributed by atoms with E-state index >= 15 is 0 Å². The van der Waals surface area contributed by atoms with Gasteiger partial charge in [0.25, 0.3) is 0 Å². The minimum Gasteiger partial charge on any atom is -0.473 e. The number of nitrogens with two attached hydrogens (primary N) is 1. The Hall–Kier alpha value is -1.56. The monoisotopic (exact) mass is 292 g/mol. The average Bonchev–Trinajstić information content (AvgIpc) is 2.49. The highest BCUT2D eigenvalue weighted by Crippen LogP contribution is 2.35. The van der Waals surface area contributed by atoms with E-state index in [2.05, 4.69) is 14.9 Å². The van der Waals surface area contributed by atoms with Gasteiger partial charge in [-0.3, -0.25) is 0 Å². The van der Waals surface area contributed by atoms with Crippen molar-refractivity contribution in [3.63, 3.8) is 0 Å². The number of nitrogens with zero attached hydrogens (tertiary/aromatic N) is 3. The number of morpholine rings is 1. The molecule has 1 aromatic heterocycles. The van der Waals surface area contributed by atoms with Crippen LogP contribution in [0.4, 0.5) is 11.5 Å². The van der Waals surface area contributed by atoms with E-state index in [1.54, 1.807) is 0 Å². The average molecular weight is 292 g/mol. The second kappa shape index (κ2) is 6.05. The third-order valence-corrected chi connectivity index (χ3v) is 4.18. The quantitative estimate of drug-likeness (QED) is 0.918. The van der Waals surface area contributed by atoms with Crippen molar-refractivity contribution in [2.24, 2.45) is 0 Å². The molecule has 3 rings (SSSR count). The topological polar surface area (TPSA) is 73.5 Å². The first-order valence-electron chi connectivity index (χ1n) is 7.82. The van der Waals surface area contributed by atoms with E-state index in [4.69, 9.17) is 15.2 Å². The standard InChI is InChI=1S/C15H24N4O2/c1-10(2)21-15-13(16)14(17-9-18-15)19-7-8-20-12-6-4-3-5-11(12)19/h9-12H,3-8,16H2,1-2H3. The molecule has 2 heterocycles. The first-order valence-corrected chi connectivity index (χ1v) is 7.82. The highest BCUT2D eigenvalue weighted by Gasteiger charge is 2.36. The Morgan fingerprint density at radius 2 is 2.14 bits per heavy atom. The molecule has 2 aliphatic rings. The number of rotatable bonds is 3. The number of nitrogen functional groups attached to an aromatic ring is 1. The second-order valence-electron chi connectivity index (χ2n) is 6.04. The van der Waals surface area contributed by atoms with Gasteiger partial charge in [-0.05, 0) is 26.7 Å². The number of ether oxygens (including phenoxy) is 2. The predicted molar refractivity (Wildman–Crippen MR) is 81.6 cm³/mol. The fourth-order valence-electron chi connectivity index (χ4n) is 3.28. The van der Waals surface area contributed by atoms with E-state index in [0.29, 0.717) is 23.7 Å². The maximum Gasteiger partial charge on any atom is 0.242 e. The zero-order valence-electron chi connectivity index (χ0n) is 12.8. The molecule has 1 aromatic rings. The first-order chi connectivity index (χ1) is 10.2. The van der Waals surface area contributed by atoms with E-state index in [9.17, 15) is 0 Å². The third-order valence-electron chi connectivity index (χ3n) is 4.18. The lowest BCUT2D eigenvalue weighted by Gasteiger charge is -2.44. The summed E-state index contributed by atoms with van der Waals surface area (Å²) < 4.78 is 11.6. The number of hydrogen-bond donors (Lipinski definition) is 1. The van der Waals surface area contributed by atoms with Gasteiger partial charge in [0.05, 0.1) is 24.9 Å². The molecule has 6 heteroatoms. The lowest BCUT2D eigenvalue weighted by Crippen LogP contribution is -2.53. The highest BCUT2D eigenvalue weighted by atomic mass is 16.5. The van der Waals surface area contributed by atoms with E-state index in [1.807, 2.05) is 13.8 Å². The normalized spacial score (nSPS) is 25.8. The Labute approximate surface area is 125 Å². The van der Waals surface area contributed by atoms with Crippen molar-refractivity contribution in [1.29, 1.82) is 0 Å². The van der Waals surface area contributed by atoms with Gasteiger partial charge in [-0.1, -0.05) is 12.8 Å². The Morgan fingerprint density at radius 1 is 1.33 bits per heavy atom. The van der Waals surface area contributed by atoms with Crippen LogP contribution < -0.4 is 15.4 Å². The van der Waals surface area contributed by atoms with E-state index in [0.717, 1.165) is 31.8 Å². The molecule has 2 unspecified atom stereocenters. The third kappa shape index (κ3) is 2.90. The van der Waals surface area contributed by atoms with Crippen LogP contribution in [0.5, 0.6) is 5.88 Å². The minimum absolute atomic E-state index is 0.0437. The van der Waals surface area contributed by atoms with Gasteiger partial charge in [0, 0.05) is 6.54 Å². The van der Waals surface area contributed by atoms with Crippen LogP contribution >= 0.6 is 0 Å². The molecular formula is C15H24N4O2. The fourth-order valence-corrected chi connectivity index (χ4v) is 3.28. The van der Waals surface area contributed by atoms with Crippen LogP contribution in [0.2, 0.25) is 0 Å². The van der Waals surface area contributed by atoms with Crippen molar-refractivity contribution in [1.82, 2.24) is 9.97 Å². The van der Waals surface area contributed by atoms with Crippen LogP contribution in [0.1, 0.15) is 39.5 Å². The van der Waals surface area contributed by atoms with Crippen molar-refractivity contribution >= 4 is 11.5 Å². The largest absolute Gasteiger partial charge is 0.473 e. The summed E-state index contributed by atoms with van der Waals surface area (Å²) in [5.41, 5.74) is 6.79. The summed E-state index contributed by atoms with van der Waals surface area (Å²) in [4.78, 5) is 10.9. The van der Waals surface area contributed by atoms with Gasteiger partial charge >= 0.3 is 0 Å². The molecule has 6 nitrogen and oxygen atoms in total. The fraction of sp³-hybridized carbons (Fsp3) is 0.733. The van der Waals surface area contributed by atoms with Crippen molar-refractivity contribution in [3.8, 4) is 5.88 Å². The van der Waals surface area contributed by atoms with Gasteiger partial charge in [-0.2, -0.15) is 4.98 Å². The molecule has 0 aromatic carbocycles. The number of hydrogen-bond acceptors (Lipinski definition) is 6. The summed E-state index contributed by atoms with van der Waals surface area (Å²) in [7, 11) is 0. The van der Waals surface area contributed by atoms with Crippen LogP contribution in [0, 0.1) is 0 Å². The molecule has 116 valence electrons. The number of fused-ring (bicyclic) bond motifs is 1. The van der Waals surface area contributed by atoms with Crippen LogP contribution in [0.15, 0.2) is 6.33 Å². The summed E-state index contributed by atoms with van der Waals surface area (Å²) in [5, 5.41) is 0. The van der Waals surface area contributed by atoms with Crippen molar-refractivity contribution in [2.75, 3.05) is 23.8 Å². The number of aromatic nitrogens is 2. The molecule has 2 atom stereocenters. The Balaban J connectivity index is 1.88. The smallest absolute Gasteiger partial charge is 0.242 e. The molecule has 2 fully saturated rings. The van der Waals surface area contributed by atoms with E-state index in [-0.39, 0.29) is 6.10 Å². The van der Waals surface area contributed by atoms with Gasteiger partial charge in [0.1, 0.15) is 12.0 Å². The van der Waals surface area contributed by atoms with Crippen LogP contribution in [-0.4, -0.2) is 41.4 Å². The van der Waals surface area contributed by atoms with Gasteiger partial charge in [0.15, 0.2) is 5.82 Å². The van der Waals surface area contributed by atoms with Gasteiger partial charge in [0.2, 0.25) is 5.88 Å². The first kappa shape index (κ1) is 14.4. The zero-order chi connectivity index (χ0) is 14.8. The number of anilines is 2. The Morgan fingerprint density at radius 3 is 2.95 bits per heavy atom. The molecule has 21 heavy (non-hydrogen) atoms.